The van der Waals surface area contributed by atoms with Crippen LogP contribution in [0.1, 0.15) is 61.6 Å². The average Bonchev–Trinajstić information content (AvgIpc) is 3.12. The number of non-ortho nitro benzene ring substituents is 1. The quantitative estimate of drug-likeness (QED) is 0.307. The molecule has 0 radical (unpaired) electrons. The van der Waals surface area contributed by atoms with E-state index >= 15 is 0 Å². The van der Waals surface area contributed by atoms with E-state index in [0.29, 0.717) is 30.0 Å². The molecule has 0 saturated heterocycles. The molecule has 5 rings (SSSR count). The fourth-order valence-corrected chi connectivity index (χ4v) is 7.96. The summed E-state index contributed by atoms with van der Waals surface area (Å²) < 4.78 is 31.4. The summed E-state index contributed by atoms with van der Waals surface area (Å²) in [5, 5.41) is 22.6. The van der Waals surface area contributed by atoms with Gasteiger partial charge in [-0.25, -0.2) is 0 Å². The first-order valence-corrected chi connectivity index (χ1v) is 13.4. The van der Waals surface area contributed by atoms with Gasteiger partial charge in [-0.3, -0.25) is 25.0 Å². The monoisotopic (exact) mass is 514 g/mol. The lowest BCUT2D eigenvalue weighted by Gasteiger charge is -2.48. The summed E-state index contributed by atoms with van der Waals surface area (Å²) in [5.74, 6) is 1.54. The number of rotatable bonds is 5. The minimum atomic E-state index is -4.58. The van der Waals surface area contributed by atoms with Gasteiger partial charge in [0, 0.05) is 23.5 Å². The Hall–Kier alpha value is -3.34. The highest BCUT2D eigenvalue weighted by Gasteiger charge is 2.54. The lowest BCUT2D eigenvalue weighted by atomic mass is 9.55. The van der Waals surface area contributed by atoms with Gasteiger partial charge in [-0.15, -0.1) is 0 Å². The molecule has 3 aliphatic carbocycles. The molecular weight excluding hydrogens is 488 g/mol. The number of fused-ring (bicyclic) bond motifs is 5. The van der Waals surface area contributed by atoms with Gasteiger partial charge in [0.15, 0.2) is 0 Å². The largest absolute Gasteiger partial charge is 0.379 e. The van der Waals surface area contributed by atoms with Crippen LogP contribution in [0.25, 0.3) is 0 Å². The molecular formula is C25H26N2O8S. The third-order valence-corrected chi connectivity index (χ3v) is 9.98. The Morgan fingerprint density at radius 3 is 2.47 bits per heavy atom. The van der Waals surface area contributed by atoms with Crippen LogP contribution in [0.5, 0.6) is 5.75 Å². The summed E-state index contributed by atoms with van der Waals surface area (Å²) in [5.41, 5.74) is 0.299. The van der Waals surface area contributed by atoms with Crippen molar-refractivity contribution in [3.05, 3.63) is 67.3 Å². The van der Waals surface area contributed by atoms with Gasteiger partial charge in [0.25, 0.3) is 11.4 Å². The van der Waals surface area contributed by atoms with Crippen molar-refractivity contribution in [1.29, 1.82) is 0 Å². The van der Waals surface area contributed by atoms with Crippen LogP contribution in [-0.4, -0.2) is 24.0 Å². The Kier molecular flexibility index (Phi) is 5.66. The van der Waals surface area contributed by atoms with Gasteiger partial charge in [-0.05, 0) is 80.0 Å². The topological polar surface area (TPSA) is 147 Å². The fourth-order valence-electron chi connectivity index (χ4n) is 6.77. The van der Waals surface area contributed by atoms with Crippen molar-refractivity contribution in [2.45, 2.75) is 63.2 Å². The van der Waals surface area contributed by atoms with Gasteiger partial charge in [0.05, 0.1) is 15.9 Å². The molecule has 190 valence electrons. The molecule has 0 spiro atoms. The summed E-state index contributed by atoms with van der Waals surface area (Å²) in [6, 6.07) is 6.63. The number of nitro groups is 2. The number of carbonyl (C=O) groups is 1. The fraction of sp³-hybridized carbons (Fsp3) is 0.480. The number of nitro benzene ring substituents is 2. The van der Waals surface area contributed by atoms with Crippen molar-refractivity contribution < 1.29 is 27.2 Å². The van der Waals surface area contributed by atoms with Crippen molar-refractivity contribution in [2.24, 2.45) is 17.3 Å². The molecule has 4 atom stereocenters. The SMILES string of the molecule is Cc1c([N+](=O)[O-])cc([N+](=O)[O-])cc1S(=O)(=O)Oc1ccc2c(c1)CC[C@@H]1[C@@H]2CC[C@]2(C)C(=O)CC[C@@H]12. The smallest absolute Gasteiger partial charge is 0.339 e. The Balaban J connectivity index is 1.45. The molecule has 36 heavy (non-hydrogen) atoms. The minimum absolute atomic E-state index is 0.0532. The second-order valence-corrected chi connectivity index (χ2v) is 11.8. The number of carbonyl (C=O) groups excluding carboxylic acids is 1. The lowest BCUT2D eigenvalue weighted by molar-refractivity contribution is -0.394. The summed E-state index contributed by atoms with van der Waals surface area (Å²) in [6.45, 7) is 3.33. The molecule has 0 unspecified atom stereocenters. The van der Waals surface area contributed by atoms with E-state index in [2.05, 4.69) is 6.92 Å². The number of aryl methyl sites for hydroxylation is 1. The molecule has 11 heteroatoms. The first-order valence-electron chi connectivity index (χ1n) is 12.0. The lowest BCUT2D eigenvalue weighted by Crippen LogP contribution is -2.42. The van der Waals surface area contributed by atoms with Crippen molar-refractivity contribution >= 4 is 27.3 Å². The third-order valence-electron chi connectivity index (χ3n) is 8.61. The van der Waals surface area contributed by atoms with Gasteiger partial charge < -0.3 is 4.18 Å². The molecule has 2 saturated carbocycles. The van der Waals surface area contributed by atoms with Gasteiger partial charge in [-0.2, -0.15) is 8.42 Å². The maximum absolute atomic E-state index is 13.1. The predicted molar refractivity (Wildman–Crippen MR) is 128 cm³/mol. The number of hydrogen-bond donors (Lipinski definition) is 0. The summed E-state index contributed by atoms with van der Waals surface area (Å²) >= 11 is 0. The normalized spacial score (nSPS) is 27.1. The molecule has 2 aromatic carbocycles. The predicted octanol–water partition coefficient (Wildman–Crippen LogP) is 5.00. The molecule has 2 aromatic rings. The van der Waals surface area contributed by atoms with Crippen molar-refractivity contribution in [3.8, 4) is 5.75 Å². The van der Waals surface area contributed by atoms with Crippen LogP contribution in [0.4, 0.5) is 11.4 Å². The Labute approximate surface area is 208 Å². The first kappa shape index (κ1) is 24.4. The van der Waals surface area contributed by atoms with Gasteiger partial charge >= 0.3 is 10.1 Å². The average molecular weight is 515 g/mol. The van der Waals surface area contributed by atoms with Gasteiger partial charge in [0.2, 0.25) is 0 Å². The van der Waals surface area contributed by atoms with E-state index in [9.17, 15) is 33.4 Å². The first-order chi connectivity index (χ1) is 16.9. The second kappa shape index (κ2) is 8.36. The molecule has 2 fully saturated rings. The van der Waals surface area contributed by atoms with E-state index in [1.807, 2.05) is 6.07 Å². The highest BCUT2D eigenvalue weighted by atomic mass is 32.2. The molecule has 0 N–H and O–H groups in total. The molecule has 0 amide bonds. The van der Waals surface area contributed by atoms with Gasteiger partial charge in [0.1, 0.15) is 16.4 Å². The van der Waals surface area contributed by atoms with E-state index < -0.39 is 36.2 Å². The van der Waals surface area contributed by atoms with E-state index in [1.54, 1.807) is 12.1 Å². The Morgan fingerprint density at radius 2 is 1.78 bits per heavy atom. The van der Waals surface area contributed by atoms with Crippen LogP contribution in [-0.2, 0) is 21.3 Å². The molecule has 0 bridgehead atoms. The van der Waals surface area contributed by atoms with E-state index in [4.69, 9.17) is 4.18 Å². The Bertz CT molecular complexity index is 1420. The molecule has 0 heterocycles. The molecule has 0 aliphatic heterocycles. The van der Waals surface area contributed by atoms with Crippen molar-refractivity contribution in [1.82, 2.24) is 0 Å². The standard InChI is InChI=1S/C25H26N2O8S/c1-14-22(27(31)32)12-16(26(29)30)13-23(14)36(33,34)35-17-4-6-18-15(11-17)3-5-20-19(18)9-10-25(2)21(20)7-8-24(25)28/h4,6,11-13,19-21H,3,5,7-10H2,1-2H3/t19-,20-,21+,25+/m1/s1. The van der Waals surface area contributed by atoms with Crippen LogP contribution < -0.4 is 4.18 Å². The zero-order valence-corrected chi connectivity index (χ0v) is 20.7. The van der Waals surface area contributed by atoms with E-state index in [1.165, 1.54) is 6.92 Å². The maximum atomic E-state index is 13.1. The summed E-state index contributed by atoms with van der Waals surface area (Å²) in [6.07, 6.45) is 4.99. The zero-order valence-electron chi connectivity index (χ0n) is 19.9. The Morgan fingerprint density at radius 1 is 1.03 bits per heavy atom. The minimum Gasteiger partial charge on any atom is -0.379 e. The highest BCUT2D eigenvalue weighted by Crippen LogP contribution is 2.59. The zero-order chi connectivity index (χ0) is 26.0. The molecule has 0 aromatic heterocycles. The van der Waals surface area contributed by atoms with Crippen LogP contribution in [0.2, 0.25) is 0 Å². The van der Waals surface area contributed by atoms with Crippen LogP contribution in [0, 0.1) is 44.4 Å². The van der Waals surface area contributed by atoms with Crippen LogP contribution in [0.15, 0.2) is 35.2 Å². The van der Waals surface area contributed by atoms with Crippen LogP contribution >= 0.6 is 0 Å². The summed E-state index contributed by atoms with van der Waals surface area (Å²) in [4.78, 5) is 32.8. The second-order valence-electron chi connectivity index (χ2n) is 10.3. The third kappa shape index (κ3) is 3.76. The number of ketones is 1. The van der Waals surface area contributed by atoms with Gasteiger partial charge in [-0.1, -0.05) is 13.0 Å². The van der Waals surface area contributed by atoms with Crippen molar-refractivity contribution in [2.75, 3.05) is 0 Å². The maximum Gasteiger partial charge on any atom is 0.339 e. The van der Waals surface area contributed by atoms with E-state index in [-0.39, 0.29) is 16.7 Å². The highest BCUT2D eigenvalue weighted by molar-refractivity contribution is 7.87. The number of benzene rings is 2. The molecule has 10 nitrogen and oxygen atoms in total. The number of nitrogens with zero attached hydrogens (tertiary/aromatic N) is 2. The molecule has 3 aliphatic rings. The number of Topliss-reactive ketones (excluding diaryl/α,β-unsaturated/α-hetero) is 1. The summed E-state index contributed by atoms with van der Waals surface area (Å²) in [7, 11) is -4.58. The van der Waals surface area contributed by atoms with E-state index in [0.717, 1.165) is 55.4 Å². The number of hydrogen-bond acceptors (Lipinski definition) is 8. The van der Waals surface area contributed by atoms with Crippen LogP contribution in [0.3, 0.4) is 0 Å². The van der Waals surface area contributed by atoms with Crippen molar-refractivity contribution in [3.63, 3.8) is 0 Å².